The highest BCUT2D eigenvalue weighted by Crippen LogP contribution is 2.32. The van der Waals surface area contributed by atoms with Crippen LogP contribution in [0.2, 0.25) is 0 Å². The predicted molar refractivity (Wildman–Crippen MR) is 94.0 cm³/mol. The van der Waals surface area contributed by atoms with Crippen LogP contribution >= 0.6 is 11.9 Å². The van der Waals surface area contributed by atoms with Gasteiger partial charge in [-0.25, -0.2) is 4.98 Å². The lowest BCUT2D eigenvalue weighted by molar-refractivity contribution is 0.170. The van der Waals surface area contributed by atoms with Crippen LogP contribution < -0.4 is 14.4 Å². The highest BCUT2D eigenvalue weighted by Gasteiger charge is 2.24. The topological polar surface area (TPSA) is 37.4 Å². The molecule has 1 fully saturated rings. The summed E-state index contributed by atoms with van der Waals surface area (Å²) in [6, 6.07) is 12.4. The molecule has 0 amide bonds. The van der Waals surface area contributed by atoms with Crippen LogP contribution in [0.4, 0.5) is 5.82 Å². The van der Waals surface area contributed by atoms with E-state index in [2.05, 4.69) is 22.6 Å². The number of nitrogens with zero attached hydrogens (tertiary/aromatic N) is 2. The first kappa shape index (κ1) is 14.8. The Balaban J connectivity index is 1.42. The molecule has 23 heavy (non-hydrogen) atoms. The highest BCUT2D eigenvalue weighted by atomic mass is 32.2. The number of rotatable bonds is 3. The van der Waals surface area contributed by atoms with E-state index in [4.69, 9.17) is 9.72 Å². The first-order chi connectivity index (χ1) is 11.3. The van der Waals surface area contributed by atoms with Gasteiger partial charge in [0.05, 0.1) is 5.69 Å². The maximum Gasteiger partial charge on any atom is 0.131 e. The summed E-state index contributed by atoms with van der Waals surface area (Å²) >= 11 is 1.69. The molecule has 0 atom stereocenters. The summed E-state index contributed by atoms with van der Waals surface area (Å²) in [6.45, 7) is 5.03. The molecule has 2 aromatic rings. The van der Waals surface area contributed by atoms with E-state index in [0.29, 0.717) is 6.10 Å². The van der Waals surface area contributed by atoms with Crippen molar-refractivity contribution in [2.45, 2.75) is 37.3 Å². The van der Waals surface area contributed by atoms with Crippen molar-refractivity contribution in [2.75, 3.05) is 18.0 Å². The van der Waals surface area contributed by atoms with Crippen LogP contribution in [0.5, 0.6) is 5.75 Å². The second-order valence-electron chi connectivity index (χ2n) is 6.11. The van der Waals surface area contributed by atoms with E-state index >= 15 is 0 Å². The van der Waals surface area contributed by atoms with Gasteiger partial charge >= 0.3 is 0 Å². The van der Waals surface area contributed by atoms with Crippen molar-refractivity contribution in [3.63, 3.8) is 0 Å². The number of nitrogens with one attached hydrogen (secondary N) is 1. The highest BCUT2D eigenvalue weighted by molar-refractivity contribution is 7.97. The fourth-order valence-corrected chi connectivity index (χ4v) is 4.05. The molecule has 0 radical (unpaired) electrons. The van der Waals surface area contributed by atoms with E-state index in [1.165, 1.54) is 16.2 Å². The lowest BCUT2D eigenvalue weighted by Crippen LogP contribution is -2.39. The molecule has 1 aromatic carbocycles. The normalized spacial score (nSPS) is 18.0. The fraction of sp³-hybridized carbons (Fsp3) is 0.389. The molecular formula is C18H21N3OS. The summed E-state index contributed by atoms with van der Waals surface area (Å²) < 4.78 is 9.38. The molecule has 0 unspecified atom stereocenters. The maximum atomic E-state index is 6.08. The molecule has 0 aliphatic carbocycles. The number of fused-ring (bicyclic) bond motifs is 1. The number of benzene rings is 1. The SMILES string of the molecule is Cc1cc2c(nc1N1CCC(Oc3ccccc3)CC1)CNS2. The fourth-order valence-electron chi connectivity index (χ4n) is 3.21. The molecule has 4 rings (SSSR count). The Labute approximate surface area is 141 Å². The van der Waals surface area contributed by atoms with Crippen molar-refractivity contribution in [1.29, 1.82) is 0 Å². The lowest BCUT2D eigenvalue weighted by atomic mass is 10.1. The van der Waals surface area contributed by atoms with Crippen LogP contribution in [0.25, 0.3) is 0 Å². The smallest absolute Gasteiger partial charge is 0.131 e. The minimum absolute atomic E-state index is 0.306. The number of hydrogen-bond acceptors (Lipinski definition) is 5. The predicted octanol–water partition coefficient (Wildman–Crippen LogP) is 3.55. The van der Waals surface area contributed by atoms with Gasteiger partial charge in [0.15, 0.2) is 0 Å². The Morgan fingerprint density at radius 3 is 2.78 bits per heavy atom. The van der Waals surface area contributed by atoms with Gasteiger partial charge in [-0.15, -0.1) is 0 Å². The molecule has 2 aliphatic heterocycles. The van der Waals surface area contributed by atoms with E-state index in [1.807, 2.05) is 30.3 Å². The summed E-state index contributed by atoms with van der Waals surface area (Å²) in [5.41, 5.74) is 2.45. The number of aryl methyl sites for hydroxylation is 1. The number of ether oxygens (including phenoxy) is 1. The number of pyridine rings is 1. The molecular weight excluding hydrogens is 306 g/mol. The molecule has 1 N–H and O–H groups in total. The molecule has 4 nitrogen and oxygen atoms in total. The third kappa shape index (κ3) is 3.16. The van der Waals surface area contributed by atoms with Crippen molar-refractivity contribution >= 4 is 17.8 Å². The minimum Gasteiger partial charge on any atom is -0.490 e. The van der Waals surface area contributed by atoms with Gasteiger partial charge in [-0.2, -0.15) is 0 Å². The van der Waals surface area contributed by atoms with Crippen LogP contribution in [0, 0.1) is 6.92 Å². The third-order valence-corrected chi connectivity index (χ3v) is 5.30. The van der Waals surface area contributed by atoms with Crippen molar-refractivity contribution in [3.8, 4) is 5.75 Å². The summed E-state index contributed by atoms with van der Waals surface area (Å²) in [4.78, 5) is 8.57. The monoisotopic (exact) mass is 327 g/mol. The number of aromatic nitrogens is 1. The molecule has 0 spiro atoms. The second kappa shape index (κ2) is 6.42. The van der Waals surface area contributed by atoms with Crippen molar-refractivity contribution in [2.24, 2.45) is 0 Å². The van der Waals surface area contributed by atoms with Crippen LogP contribution in [0.3, 0.4) is 0 Å². The van der Waals surface area contributed by atoms with Crippen molar-refractivity contribution < 1.29 is 4.74 Å². The van der Waals surface area contributed by atoms with Crippen LogP contribution in [0.15, 0.2) is 41.3 Å². The Morgan fingerprint density at radius 2 is 2.00 bits per heavy atom. The first-order valence-corrected chi connectivity index (χ1v) is 8.98. The average molecular weight is 327 g/mol. The molecule has 0 saturated carbocycles. The number of hydrogen-bond donors (Lipinski definition) is 1. The molecule has 1 aromatic heterocycles. The second-order valence-corrected chi connectivity index (χ2v) is 7.05. The van der Waals surface area contributed by atoms with Gasteiger partial charge in [-0.1, -0.05) is 18.2 Å². The van der Waals surface area contributed by atoms with Gasteiger partial charge in [0, 0.05) is 37.4 Å². The van der Waals surface area contributed by atoms with Gasteiger partial charge < -0.3 is 9.64 Å². The standard InChI is InChI=1S/C18H21N3OS/c1-13-11-17-16(12-19-23-17)20-18(13)21-9-7-15(8-10-21)22-14-5-3-2-4-6-14/h2-6,11,15,19H,7-10,12H2,1H3. The number of para-hydroxylation sites is 1. The lowest BCUT2D eigenvalue weighted by Gasteiger charge is -2.34. The summed E-state index contributed by atoms with van der Waals surface area (Å²) in [5, 5.41) is 0. The molecule has 1 saturated heterocycles. The van der Waals surface area contributed by atoms with Crippen LogP contribution in [-0.4, -0.2) is 24.2 Å². The quantitative estimate of drug-likeness (QED) is 0.873. The zero-order chi connectivity index (χ0) is 15.6. The van der Waals surface area contributed by atoms with Crippen LogP contribution in [0.1, 0.15) is 24.1 Å². The zero-order valence-corrected chi connectivity index (χ0v) is 14.1. The maximum absolute atomic E-state index is 6.08. The Kier molecular flexibility index (Phi) is 4.14. The van der Waals surface area contributed by atoms with Gasteiger partial charge in [0.25, 0.3) is 0 Å². The molecule has 3 heterocycles. The van der Waals surface area contributed by atoms with E-state index < -0.39 is 0 Å². The molecule has 120 valence electrons. The van der Waals surface area contributed by atoms with Gasteiger partial charge in [-0.3, -0.25) is 4.72 Å². The van der Waals surface area contributed by atoms with E-state index in [0.717, 1.165) is 44.0 Å². The van der Waals surface area contributed by atoms with Gasteiger partial charge in [-0.05, 0) is 42.6 Å². The molecule has 2 aliphatic rings. The minimum atomic E-state index is 0.306. The van der Waals surface area contributed by atoms with Gasteiger partial charge in [0.2, 0.25) is 0 Å². The van der Waals surface area contributed by atoms with Crippen molar-refractivity contribution in [3.05, 3.63) is 47.7 Å². The first-order valence-electron chi connectivity index (χ1n) is 8.16. The van der Waals surface area contributed by atoms with Crippen LogP contribution in [-0.2, 0) is 6.54 Å². The van der Waals surface area contributed by atoms with E-state index in [1.54, 1.807) is 11.9 Å². The Morgan fingerprint density at radius 1 is 1.22 bits per heavy atom. The molecule has 5 heteroatoms. The third-order valence-electron chi connectivity index (χ3n) is 4.43. The average Bonchev–Trinajstić information content (AvgIpc) is 3.03. The Bertz CT molecular complexity index is 684. The molecule has 0 bridgehead atoms. The van der Waals surface area contributed by atoms with Gasteiger partial charge in [0.1, 0.15) is 17.7 Å². The van der Waals surface area contributed by atoms with E-state index in [9.17, 15) is 0 Å². The zero-order valence-electron chi connectivity index (χ0n) is 13.3. The van der Waals surface area contributed by atoms with E-state index in [-0.39, 0.29) is 0 Å². The largest absolute Gasteiger partial charge is 0.490 e. The van der Waals surface area contributed by atoms with Crippen molar-refractivity contribution in [1.82, 2.24) is 9.71 Å². The Hall–Kier alpha value is -1.72. The summed E-state index contributed by atoms with van der Waals surface area (Å²) in [5.74, 6) is 2.12. The number of anilines is 1. The summed E-state index contributed by atoms with van der Waals surface area (Å²) in [7, 11) is 0. The number of piperidine rings is 1. The summed E-state index contributed by atoms with van der Waals surface area (Å²) in [6.07, 6.45) is 2.39.